The predicted octanol–water partition coefficient (Wildman–Crippen LogP) is 15.1. The lowest BCUT2D eigenvalue weighted by Gasteiger charge is -2.30. The maximum atomic E-state index is 12.0. The van der Waals surface area contributed by atoms with Crippen molar-refractivity contribution < 1.29 is 18.9 Å². The zero-order valence-corrected chi connectivity index (χ0v) is 76.1. The topological polar surface area (TPSA) is 172 Å². The van der Waals surface area contributed by atoms with E-state index >= 15 is 0 Å². The molecule has 107 heavy (non-hydrogen) atoms. The van der Waals surface area contributed by atoms with Crippen molar-refractivity contribution in [3.63, 3.8) is 0 Å². The molecule has 0 aliphatic carbocycles. The number of ether oxygens (including phenoxy) is 4. The highest BCUT2D eigenvalue weighted by Crippen LogP contribution is 2.36. The Morgan fingerprint density at radius 1 is 0.327 bits per heavy atom. The molecule has 5 aromatic rings. The average molecular weight is 1590 g/mol. The van der Waals surface area contributed by atoms with Crippen molar-refractivity contribution in [2.75, 3.05) is 230 Å². The van der Waals surface area contributed by atoms with Crippen LogP contribution in [0.25, 0.3) is 0 Å². The van der Waals surface area contributed by atoms with E-state index in [0.717, 1.165) is 201 Å². The second-order valence-electron chi connectivity index (χ2n) is 33.5. The lowest BCUT2D eigenvalue weighted by molar-refractivity contribution is 0.108. The fourth-order valence-electron chi connectivity index (χ4n) is 12.6. The van der Waals surface area contributed by atoms with Gasteiger partial charge in [-0.15, -0.1) is 0 Å². The summed E-state index contributed by atoms with van der Waals surface area (Å²) in [6.45, 7) is 67.5. The lowest BCUT2D eigenvalue weighted by Crippen LogP contribution is -2.36. The summed E-state index contributed by atoms with van der Waals surface area (Å²) in [4.78, 5) is 77.1. The van der Waals surface area contributed by atoms with Crippen LogP contribution in [0.4, 0.5) is 34.1 Å². The fraction of sp³-hybridized carbons (Fsp3) is 0.759. The number of rotatable bonds is 44. The molecule has 0 heterocycles. The maximum absolute atomic E-state index is 12.0. The molecule has 0 saturated carbocycles. The van der Waals surface area contributed by atoms with Crippen LogP contribution in [0.1, 0.15) is 213 Å². The first-order valence-electron chi connectivity index (χ1n) is 39.4. The van der Waals surface area contributed by atoms with Crippen molar-refractivity contribution in [1.29, 1.82) is 0 Å². The molecule has 0 bridgehead atoms. The number of hydrogen-bond acceptors (Lipinski definition) is 24. The van der Waals surface area contributed by atoms with E-state index in [0.29, 0.717) is 60.1 Å². The summed E-state index contributed by atoms with van der Waals surface area (Å²) in [5.74, 6) is 0. The molecule has 0 radical (unpaired) electrons. The van der Waals surface area contributed by atoms with Crippen molar-refractivity contribution >= 4 is 95.2 Å². The van der Waals surface area contributed by atoms with Gasteiger partial charge < -0.3 is 68.8 Å². The van der Waals surface area contributed by atoms with E-state index < -0.39 is 0 Å². The Labute approximate surface area is 673 Å². The highest BCUT2D eigenvalue weighted by molar-refractivity contribution is 7.72. The molecular weight excluding hydrogens is 1440 g/mol. The van der Waals surface area contributed by atoms with Gasteiger partial charge in [0.05, 0.1) is 81.3 Å². The molecule has 612 valence electrons. The second kappa shape index (κ2) is 48.8. The summed E-state index contributed by atoms with van der Waals surface area (Å²) in [7, 11) is 11.8. The van der Waals surface area contributed by atoms with E-state index in [1.807, 2.05) is 28.2 Å². The number of likely N-dealkylation sites (N-methyl/N-ethyl adjacent to an activating group) is 7. The molecule has 0 aliphatic rings. The molecule has 2 N–H and O–H groups in total. The number of nitrogens with zero attached hydrogens (tertiary/aromatic N) is 8. The van der Waals surface area contributed by atoms with Gasteiger partial charge in [0.1, 0.15) is 28.2 Å². The second-order valence-corrected chi connectivity index (χ2v) is 35.6. The Balaban J connectivity index is 0.000000672. The molecule has 0 spiro atoms. The minimum atomic E-state index is -0.162. The number of hydrogen-bond donors (Lipinski definition) is 2. The third-order valence-corrected chi connectivity index (χ3v) is 20.7. The van der Waals surface area contributed by atoms with Gasteiger partial charge >= 0.3 is 0 Å². The summed E-state index contributed by atoms with van der Waals surface area (Å²) < 4.78 is 25.2. The van der Waals surface area contributed by atoms with Gasteiger partial charge in [-0.3, -0.25) is 24.0 Å². The third kappa shape index (κ3) is 32.9. The average Bonchev–Trinajstić information content (AvgIpc) is 0.771. The van der Waals surface area contributed by atoms with Crippen LogP contribution in [0.3, 0.4) is 0 Å². The van der Waals surface area contributed by atoms with Crippen LogP contribution in [0, 0.1) is 28.0 Å². The van der Waals surface area contributed by atoms with Gasteiger partial charge in [-0.2, -0.15) is 0 Å². The normalized spacial score (nSPS) is 12.2. The molecular formula is C83H146N10O9S5. The fourth-order valence-corrected chi connectivity index (χ4v) is 14.3. The van der Waals surface area contributed by atoms with Gasteiger partial charge in [-0.05, 0) is 118 Å². The van der Waals surface area contributed by atoms with Crippen molar-refractivity contribution in [3.05, 3.63) is 95.9 Å². The van der Waals surface area contributed by atoms with Crippen LogP contribution in [-0.2, 0) is 40.6 Å². The van der Waals surface area contributed by atoms with Crippen LogP contribution >= 0.6 is 61.1 Å². The Morgan fingerprint density at radius 3 is 0.869 bits per heavy atom. The van der Waals surface area contributed by atoms with Crippen LogP contribution < -0.4 is 57.4 Å². The van der Waals surface area contributed by atoms with Crippen LogP contribution in [0.15, 0.2) is 24.0 Å². The molecule has 0 atom stereocenters. The first-order chi connectivity index (χ1) is 49.8. The van der Waals surface area contributed by atoms with Crippen LogP contribution in [-0.4, -0.2) is 219 Å². The summed E-state index contributed by atoms with van der Waals surface area (Å²) >= 11 is 25.9. The monoisotopic (exact) mass is 1590 g/mol. The largest absolute Gasteiger partial charge is 0.385 e. The Bertz CT molecular complexity index is 3750. The molecule has 0 aliphatic heterocycles. The van der Waals surface area contributed by atoms with E-state index in [2.05, 4.69) is 209 Å². The maximum Gasteiger partial charge on any atom is 0.223 e. The van der Waals surface area contributed by atoms with Crippen LogP contribution in [0.5, 0.6) is 0 Å². The lowest BCUT2D eigenvalue weighted by atomic mass is 9.82. The minimum absolute atomic E-state index is 0.0323. The van der Waals surface area contributed by atoms with Crippen LogP contribution in [0.2, 0.25) is 0 Å². The van der Waals surface area contributed by atoms with E-state index in [-0.39, 0.29) is 48.8 Å². The summed E-state index contributed by atoms with van der Waals surface area (Å²) in [5.41, 5.74) is 8.39. The number of anilines is 6. The van der Waals surface area contributed by atoms with Gasteiger partial charge in [0.2, 0.25) is 27.1 Å². The smallest absolute Gasteiger partial charge is 0.223 e. The van der Waals surface area contributed by atoms with Gasteiger partial charge in [0.15, 0.2) is 0 Å². The zero-order chi connectivity index (χ0) is 82.1. The zero-order valence-electron chi connectivity index (χ0n) is 72.0. The molecule has 19 nitrogen and oxygen atoms in total. The van der Waals surface area contributed by atoms with Crippen molar-refractivity contribution in [2.45, 2.75) is 213 Å². The first kappa shape index (κ1) is 101. The molecule has 0 saturated heterocycles. The molecule has 0 unspecified atom stereocenters. The summed E-state index contributed by atoms with van der Waals surface area (Å²) in [6, 6.07) is 0. The molecule has 5 aromatic carbocycles. The van der Waals surface area contributed by atoms with Crippen molar-refractivity contribution in [1.82, 2.24) is 19.6 Å². The molecule has 24 heteroatoms. The number of nitrogens with one attached hydrogen (secondary N) is 2. The first-order valence-corrected chi connectivity index (χ1v) is 41.4. The molecule has 0 fully saturated rings. The quantitative estimate of drug-likeness (QED) is 0.0278. The summed E-state index contributed by atoms with van der Waals surface area (Å²) in [6.07, 6.45) is 6.89. The van der Waals surface area contributed by atoms with Gasteiger partial charge in [0, 0.05) is 116 Å². The highest BCUT2D eigenvalue weighted by Gasteiger charge is 2.34. The molecule has 5 rings (SSSR count). The predicted molar refractivity (Wildman–Crippen MR) is 472 cm³/mol. The Hall–Kier alpha value is -4.02. The van der Waals surface area contributed by atoms with E-state index in [4.69, 9.17) is 80.0 Å². The molecule has 0 amide bonds. The van der Waals surface area contributed by atoms with E-state index in [9.17, 15) is 24.0 Å². The highest BCUT2D eigenvalue weighted by atomic mass is 32.1. The van der Waals surface area contributed by atoms with Gasteiger partial charge in [0.25, 0.3) is 0 Å². The SMILES string of the molecule is CCCN(C)CCOCCN(C)c1c(C(C)(C)C)c(=O)c1=S.CCCN(CC)CCOCCN(C)c1c(C(C)(C)C)c(=O)c1=S.CCCN(CCC)CCOCCN(C)c1c(C(C)(C)C)c(=O)c1=S.CCN(CC)CCOCCN(C)c1c(C(C)(C)C)c(=O)c1=S.CNc1c(NCCCC(C)(C)C)c(=O)c1=S. The summed E-state index contributed by atoms with van der Waals surface area (Å²) in [5, 5.41) is 6.10. The van der Waals surface area contributed by atoms with E-state index in [1.54, 1.807) is 7.05 Å². The minimum Gasteiger partial charge on any atom is -0.385 e. The third-order valence-electron chi connectivity index (χ3n) is 18.8. The Kier molecular flexibility index (Phi) is 46.1. The standard InChI is InChI=1S/C19H34N2O2S.C18H32N2O2S.2C17H30N2O2S.C12H20N2OS/c1-7-9-21(10-8-2)12-14-23-13-11-20(6)16-15(19(3,4)5)17(22)18(16)24;1-7-9-20(8-2)11-13-22-12-10-19(6)15-14(18(3,4)5)16(21)17(15)23;1-7-8-18(5)9-11-21-12-10-19(6)14-13(17(2,3)4)15(20)16(14)22;1-7-19(8-2)10-12-21-11-9-18(6)14-13(17(3,4)5)15(20)16(14)22;1-12(2,3)6-5-7-14-8-9(13-4)11(16)10(8)15/h7-14H2,1-6H3;7-13H2,1-6H3;2*7-12H2,1-6H3;13-14H,5-7H2,1-4H3. The molecule has 0 aromatic heterocycles. The van der Waals surface area contributed by atoms with Crippen molar-refractivity contribution in [3.8, 4) is 0 Å². The van der Waals surface area contributed by atoms with Gasteiger partial charge in [-0.1, -0.05) is 213 Å². The Morgan fingerprint density at radius 2 is 0.598 bits per heavy atom. The van der Waals surface area contributed by atoms with Gasteiger partial charge in [-0.25, -0.2) is 0 Å². The van der Waals surface area contributed by atoms with Crippen molar-refractivity contribution in [2.24, 2.45) is 5.41 Å². The van der Waals surface area contributed by atoms with E-state index in [1.165, 1.54) is 19.3 Å².